The lowest BCUT2D eigenvalue weighted by molar-refractivity contribution is -0.101. The van der Waals surface area contributed by atoms with Crippen LogP contribution in [0, 0.1) is 0 Å². The molecule has 1 amide bonds. The number of H-pyrrole nitrogens is 1. The van der Waals surface area contributed by atoms with Crippen LogP contribution >= 0.6 is 11.6 Å². The highest BCUT2D eigenvalue weighted by Gasteiger charge is 2.47. The zero-order valence-corrected chi connectivity index (χ0v) is 21.3. The molecule has 6 rings (SSSR count). The average molecular weight is 525 g/mol. The Morgan fingerprint density at radius 2 is 2.16 bits per heavy atom. The Labute approximate surface area is 219 Å². The van der Waals surface area contributed by atoms with E-state index in [0.717, 1.165) is 36.2 Å². The number of hydrogen-bond acceptors (Lipinski definition) is 7. The normalized spacial score (nSPS) is 20.1. The van der Waals surface area contributed by atoms with Crippen LogP contribution in [0.5, 0.6) is 11.5 Å². The molecule has 1 atom stereocenters. The largest absolute Gasteiger partial charge is 0.493 e. The van der Waals surface area contributed by atoms with Gasteiger partial charge in [-0.05, 0) is 31.0 Å². The van der Waals surface area contributed by atoms with Gasteiger partial charge in [0, 0.05) is 29.4 Å². The van der Waals surface area contributed by atoms with Gasteiger partial charge in [-0.1, -0.05) is 24.1 Å². The molecule has 3 aromatic rings. The van der Waals surface area contributed by atoms with E-state index in [-0.39, 0.29) is 17.4 Å². The average Bonchev–Trinajstić information content (AvgIpc) is 3.28. The number of nitrogens with one attached hydrogen (secondary N) is 3. The first-order chi connectivity index (χ1) is 18.1. The van der Waals surface area contributed by atoms with Crippen LogP contribution in [0.2, 0.25) is 5.02 Å². The summed E-state index contributed by atoms with van der Waals surface area (Å²) in [5, 5.41) is 7.05. The predicted octanol–water partition coefficient (Wildman–Crippen LogP) is 4.44. The molecule has 2 aliphatic heterocycles. The highest BCUT2D eigenvalue weighted by atomic mass is 35.5. The molecule has 10 heteroatoms. The molecule has 3 aliphatic rings. The Kier molecular flexibility index (Phi) is 6.44. The molecule has 1 aromatic carbocycles. The topological polar surface area (TPSA) is 107 Å². The number of nitrogens with zero attached hydrogens (tertiary/aromatic N) is 1. The molecule has 37 heavy (non-hydrogen) atoms. The minimum atomic E-state index is -0.156. The number of halogens is 1. The van der Waals surface area contributed by atoms with E-state index in [1.165, 1.54) is 0 Å². The number of pyridine rings is 1. The van der Waals surface area contributed by atoms with Crippen LogP contribution < -0.4 is 20.1 Å². The molecule has 1 unspecified atom stereocenters. The van der Waals surface area contributed by atoms with Crippen molar-refractivity contribution < 1.29 is 23.7 Å². The number of para-hydroxylation sites is 1. The minimum Gasteiger partial charge on any atom is -0.493 e. The Morgan fingerprint density at radius 3 is 2.92 bits per heavy atom. The smallest absolute Gasteiger partial charge is 0.255 e. The molecule has 194 valence electrons. The van der Waals surface area contributed by atoms with Crippen LogP contribution in [-0.2, 0) is 14.9 Å². The molecule has 2 aromatic heterocycles. The zero-order valence-electron chi connectivity index (χ0n) is 20.6. The van der Waals surface area contributed by atoms with Gasteiger partial charge in [-0.2, -0.15) is 0 Å². The van der Waals surface area contributed by atoms with E-state index in [2.05, 4.69) is 20.6 Å². The summed E-state index contributed by atoms with van der Waals surface area (Å²) in [6, 6.07) is 7.36. The molecule has 1 saturated heterocycles. The van der Waals surface area contributed by atoms with Gasteiger partial charge >= 0.3 is 0 Å². The quantitative estimate of drug-likeness (QED) is 0.419. The van der Waals surface area contributed by atoms with Crippen molar-refractivity contribution in [3.63, 3.8) is 0 Å². The highest BCUT2D eigenvalue weighted by molar-refractivity contribution is 6.32. The van der Waals surface area contributed by atoms with Crippen LogP contribution in [0.1, 0.15) is 35.3 Å². The summed E-state index contributed by atoms with van der Waals surface area (Å²) < 4.78 is 23.0. The Morgan fingerprint density at radius 1 is 1.27 bits per heavy atom. The Balaban J connectivity index is 1.45. The first-order valence-corrected chi connectivity index (χ1v) is 12.9. The van der Waals surface area contributed by atoms with Crippen LogP contribution in [0.4, 0.5) is 11.4 Å². The second-order valence-corrected chi connectivity index (χ2v) is 10.0. The van der Waals surface area contributed by atoms with Crippen molar-refractivity contribution in [2.75, 3.05) is 45.4 Å². The summed E-state index contributed by atoms with van der Waals surface area (Å²) in [5.74, 6) is 0.961. The van der Waals surface area contributed by atoms with Crippen molar-refractivity contribution >= 4 is 28.9 Å². The highest BCUT2D eigenvalue weighted by Crippen LogP contribution is 2.51. The summed E-state index contributed by atoms with van der Waals surface area (Å²) in [6.07, 6.45) is 6.39. The Bertz CT molecular complexity index is 1320. The third kappa shape index (κ3) is 4.31. The van der Waals surface area contributed by atoms with Gasteiger partial charge in [0.25, 0.3) is 5.91 Å². The lowest BCUT2D eigenvalue weighted by atomic mass is 9.64. The molecule has 0 radical (unpaired) electrons. The monoisotopic (exact) mass is 524 g/mol. The lowest BCUT2D eigenvalue weighted by Crippen LogP contribution is -2.50. The molecular weight excluding hydrogens is 496 g/mol. The van der Waals surface area contributed by atoms with Crippen LogP contribution in [-0.4, -0.2) is 62.1 Å². The number of hydrogen-bond donors (Lipinski definition) is 3. The maximum Gasteiger partial charge on any atom is 0.255 e. The van der Waals surface area contributed by atoms with Crippen LogP contribution in [0.25, 0.3) is 11.3 Å². The van der Waals surface area contributed by atoms with Crippen molar-refractivity contribution in [3.05, 3.63) is 52.9 Å². The zero-order chi connectivity index (χ0) is 25.4. The van der Waals surface area contributed by atoms with Crippen LogP contribution in [0.3, 0.4) is 0 Å². The fourth-order valence-corrected chi connectivity index (χ4v) is 5.63. The van der Waals surface area contributed by atoms with Crippen LogP contribution in [0.15, 0.2) is 36.7 Å². The van der Waals surface area contributed by atoms with E-state index in [1.807, 2.05) is 18.2 Å². The first kappa shape index (κ1) is 24.1. The number of fused-ring (bicyclic) bond motifs is 2. The third-order valence-electron chi connectivity index (χ3n) is 7.45. The van der Waals surface area contributed by atoms with E-state index in [4.69, 9.17) is 30.5 Å². The van der Waals surface area contributed by atoms with E-state index in [0.29, 0.717) is 66.4 Å². The number of aromatic nitrogens is 2. The van der Waals surface area contributed by atoms with Gasteiger partial charge in [0.1, 0.15) is 18.5 Å². The maximum absolute atomic E-state index is 13.3. The maximum atomic E-state index is 13.3. The van der Waals surface area contributed by atoms with Crippen molar-refractivity contribution in [1.82, 2.24) is 15.3 Å². The van der Waals surface area contributed by atoms with Crippen molar-refractivity contribution in [1.29, 1.82) is 0 Å². The number of ether oxygens (including phenoxy) is 4. The summed E-state index contributed by atoms with van der Waals surface area (Å²) in [7, 11) is 1.57. The number of carbonyl (C=O) groups is 1. The first-order valence-electron chi connectivity index (χ1n) is 12.5. The molecular formula is C27H29ClN4O5. The van der Waals surface area contributed by atoms with Crippen molar-refractivity contribution in [2.24, 2.45) is 0 Å². The number of methoxy groups -OCH3 is 1. The number of benzene rings is 1. The Hall–Kier alpha value is -3.27. The van der Waals surface area contributed by atoms with Gasteiger partial charge in [0.15, 0.2) is 5.75 Å². The van der Waals surface area contributed by atoms with E-state index in [9.17, 15) is 4.79 Å². The second kappa shape index (κ2) is 9.89. The predicted molar refractivity (Wildman–Crippen MR) is 139 cm³/mol. The van der Waals surface area contributed by atoms with Gasteiger partial charge in [0.2, 0.25) is 0 Å². The standard InChI is InChI=1S/C27H29ClN4O5/c1-34-24-18(28)4-2-5-19(24)31-23-21-25(27(7-3-8-27)15-30-26(21)33)32-22(23)17-6-9-29-12-20(17)37-14-16-13-35-10-11-36-16/h2,4-6,9,12,16,31-32H,3,7-8,10-11,13-15H2,1H3,(H,30,33). The van der Waals surface area contributed by atoms with E-state index >= 15 is 0 Å². The molecule has 0 bridgehead atoms. The number of rotatable bonds is 7. The summed E-state index contributed by atoms with van der Waals surface area (Å²) in [5.41, 5.74) is 4.29. The number of aromatic amines is 1. The molecule has 3 N–H and O–H groups in total. The van der Waals surface area contributed by atoms with Gasteiger partial charge in [-0.3, -0.25) is 9.78 Å². The minimum absolute atomic E-state index is 0.0995. The van der Waals surface area contributed by atoms with Gasteiger partial charge in [0.05, 0.1) is 60.8 Å². The van der Waals surface area contributed by atoms with Gasteiger partial charge in [-0.15, -0.1) is 0 Å². The molecule has 2 fully saturated rings. The molecule has 1 spiro atoms. The molecule has 1 aliphatic carbocycles. The van der Waals surface area contributed by atoms with E-state index < -0.39 is 0 Å². The van der Waals surface area contributed by atoms with Crippen molar-refractivity contribution in [3.8, 4) is 22.8 Å². The molecule has 4 heterocycles. The van der Waals surface area contributed by atoms with E-state index in [1.54, 1.807) is 25.6 Å². The number of anilines is 2. The SMILES string of the molecule is COc1c(Cl)cccc1Nc1c(-c2ccncc2OCC2COCCO2)[nH]c2c1C(=O)NCC21CCC1. The van der Waals surface area contributed by atoms with Crippen molar-refractivity contribution in [2.45, 2.75) is 30.8 Å². The molecule has 1 saturated carbocycles. The number of amides is 1. The second-order valence-electron chi connectivity index (χ2n) is 9.64. The third-order valence-corrected chi connectivity index (χ3v) is 7.75. The fraction of sp³-hybridized carbons (Fsp3) is 0.407. The summed E-state index contributed by atoms with van der Waals surface area (Å²) in [4.78, 5) is 21.2. The fourth-order valence-electron chi connectivity index (χ4n) is 5.37. The summed E-state index contributed by atoms with van der Waals surface area (Å²) in [6.45, 7) is 2.57. The van der Waals surface area contributed by atoms with Gasteiger partial charge < -0.3 is 34.6 Å². The number of carbonyl (C=O) groups excluding carboxylic acids is 1. The lowest BCUT2D eigenvalue weighted by Gasteiger charge is -2.44. The summed E-state index contributed by atoms with van der Waals surface area (Å²) >= 11 is 6.41. The van der Waals surface area contributed by atoms with Gasteiger partial charge in [-0.25, -0.2) is 0 Å². The molecule has 9 nitrogen and oxygen atoms in total.